The molecule has 0 aliphatic heterocycles. The van der Waals surface area contributed by atoms with E-state index in [4.69, 9.17) is 0 Å². The Morgan fingerprint density at radius 1 is 1.00 bits per heavy atom. The van der Waals surface area contributed by atoms with Crippen LogP contribution in [0.2, 0.25) is 0 Å². The monoisotopic (exact) mass is 210 g/mol. The molecule has 0 aromatic heterocycles. The predicted octanol–water partition coefficient (Wildman–Crippen LogP) is 2.10. The normalized spacial score (nSPS) is 41.6. The summed E-state index contributed by atoms with van der Waals surface area (Å²) >= 11 is 0. The van der Waals surface area contributed by atoms with Gasteiger partial charge >= 0.3 is 0 Å². The van der Waals surface area contributed by atoms with Gasteiger partial charge in [-0.1, -0.05) is 25.7 Å². The molecule has 0 bridgehead atoms. The van der Waals surface area contributed by atoms with E-state index in [0.717, 1.165) is 23.9 Å². The van der Waals surface area contributed by atoms with Crippen molar-refractivity contribution in [2.24, 2.45) is 11.8 Å². The molecule has 2 fully saturated rings. The summed E-state index contributed by atoms with van der Waals surface area (Å²) < 4.78 is 0. The number of hydrogen-bond acceptors (Lipinski definition) is 2. The van der Waals surface area contributed by atoms with Gasteiger partial charge in [-0.15, -0.1) is 0 Å². The van der Waals surface area contributed by atoms with Crippen molar-refractivity contribution in [1.29, 1.82) is 0 Å². The number of nitrogens with one attached hydrogen (secondary N) is 1. The van der Waals surface area contributed by atoms with Crippen molar-refractivity contribution < 1.29 is 0 Å². The highest BCUT2D eigenvalue weighted by molar-refractivity contribution is 4.95. The lowest BCUT2D eigenvalue weighted by Crippen LogP contribution is -2.53. The van der Waals surface area contributed by atoms with E-state index in [1.54, 1.807) is 0 Å². The number of rotatable bonds is 2. The van der Waals surface area contributed by atoms with Crippen LogP contribution in [0.15, 0.2) is 0 Å². The van der Waals surface area contributed by atoms with Crippen molar-refractivity contribution in [3.63, 3.8) is 0 Å². The van der Waals surface area contributed by atoms with E-state index < -0.39 is 0 Å². The summed E-state index contributed by atoms with van der Waals surface area (Å²) in [6.45, 7) is 0. The van der Waals surface area contributed by atoms with Crippen LogP contribution in [0.4, 0.5) is 0 Å². The molecule has 0 aromatic carbocycles. The van der Waals surface area contributed by atoms with Gasteiger partial charge in [0.25, 0.3) is 0 Å². The Labute approximate surface area is 94.4 Å². The van der Waals surface area contributed by atoms with Gasteiger partial charge in [-0.3, -0.25) is 0 Å². The van der Waals surface area contributed by atoms with E-state index in [1.807, 2.05) is 0 Å². The fraction of sp³-hybridized carbons (Fsp3) is 1.00. The van der Waals surface area contributed by atoms with Gasteiger partial charge in [0.15, 0.2) is 0 Å². The average molecular weight is 210 g/mol. The standard InChI is InChI=1S/C13H26N2/c1-14-11-8-4-6-10-7-5-9-12(13(10)11)15(2)3/h10-14H,4-9H2,1-3H3. The number of fused-ring (bicyclic) bond motifs is 1. The van der Waals surface area contributed by atoms with Gasteiger partial charge in [-0.05, 0) is 45.8 Å². The maximum Gasteiger partial charge on any atom is 0.0135 e. The lowest BCUT2D eigenvalue weighted by Gasteiger charge is -2.48. The molecular formula is C13H26N2. The summed E-state index contributed by atoms with van der Waals surface area (Å²) in [4.78, 5) is 2.46. The summed E-state index contributed by atoms with van der Waals surface area (Å²) in [5, 5.41) is 3.56. The smallest absolute Gasteiger partial charge is 0.0135 e. The summed E-state index contributed by atoms with van der Waals surface area (Å²) in [6.07, 6.45) is 8.64. The Morgan fingerprint density at radius 3 is 2.27 bits per heavy atom. The second kappa shape index (κ2) is 4.84. The van der Waals surface area contributed by atoms with Gasteiger partial charge in [-0.25, -0.2) is 0 Å². The molecule has 2 heteroatoms. The van der Waals surface area contributed by atoms with Crippen molar-refractivity contribution in [2.45, 2.75) is 50.6 Å². The van der Waals surface area contributed by atoms with Crippen LogP contribution in [0.3, 0.4) is 0 Å². The first kappa shape index (κ1) is 11.4. The quantitative estimate of drug-likeness (QED) is 0.751. The molecule has 0 saturated heterocycles. The molecule has 88 valence electrons. The minimum Gasteiger partial charge on any atom is -0.317 e. The molecule has 4 unspecified atom stereocenters. The molecule has 0 amide bonds. The molecular weight excluding hydrogens is 184 g/mol. The Bertz CT molecular complexity index is 194. The number of nitrogens with zero attached hydrogens (tertiary/aromatic N) is 1. The van der Waals surface area contributed by atoms with Crippen LogP contribution in [-0.4, -0.2) is 38.1 Å². The van der Waals surface area contributed by atoms with Gasteiger partial charge in [-0.2, -0.15) is 0 Å². The van der Waals surface area contributed by atoms with Crippen LogP contribution in [-0.2, 0) is 0 Å². The van der Waals surface area contributed by atoms with E-state index in [1.165, 1.54) is 38.5 Å². The summed E-state index contributed by atoms with van der Waals surface area (Å²) in [7, 11) is 6.66. The van der Waals surface area contributed by atoms with Gasteiger partial charge in [0, 0.05) is 12.1 Å². The second-order valence-electron chi connectivity index (χ2n) is 5.63. The van der Waals surface area contributed by atoms with Crippen LogP contribution < -0.4 is 5.32 Å². The van der Waals surface area contributed by atoms with Crippen molar-refractivity contribution >= 4 is 0 Å². The van der Waals surface area contributed by atoms with Crippen LogP contribution in [0.1, 0.15) is 38.5 Å². The van der Waals surface area contributed by atoms with Crippen molar-refractivity contribution in [2.75, 3.05) is 21.1 Å². The molecule has 2 saturated carbocycles. The maximum absolute atomic E-state index is 3.56. The van der Waals surface area contributed by atoms with Crippen molar-refractivity contribution in [3.8, 4) is 0 Å². The first-order valence-electron chi connectivity index (χ1n) is 6.57. The fourth-order valence-electron chi connectivity index (χ4n) is 3.95. The molecule has 1 N–H and O–H groups in total. The van der Waals surface area contributed by atoms with Gasteiger partial charge < -0.3 is 10.2 Å². The molecule has 0 aromatic rings. The highest BCUT2D eigenvalue weighted by Crippen LogP contribution is 2.41. The maximum atomic E-state index is 3.56. The Hall–Kier alpha value is -0.0800. The van der Waals surface area contributed by atoms with Crippen LogP contribution >= 0.6 is 0 Å². The minimum absolute atomic E-state index is 0.774. The minimum atomic E-state index is 0.774. The van der Waals surface area contributed by atoms with E-state index >= 15 is 0 Å². The van der Waals surface area contributed by atoms with Gasteiger partial charge in [0.2, 0.25) is 0 Å². The van der Waals surface area contributed by atoms with E-state index in [2.05, 4.69) is 31.4 Å². The van der Waals surface area contributed by atoms with Crippen LogP contribution in [0.5, 0.6) is 0 Å². The first-order chi connectivity index (χ1) is 7.24. The summed E-state index contributed by atoms with van der Waals surface area (Å²) in [6, 6.07) is 1.60. The molecule has 2 aliphatic carbocycles. The third-order valence-corrected chi connectivity index (χ3v) is 4.65. The Morgan fingerprint density at radius 2 is 1.67 bits per heavy atom. The van der Waals surface area contributed by atoms with E-state index in [-0.39, 0.29) is 0 Å². The number of hydrogen-bond donors (Lipinski definition) is 1. The lowest BCUT2D eigenvalue weighted by atomic mass is 9.65. The fourth-order valence-corrected chi connectivity index (χ4v) is 3.95. The Kier molecular flexibility index (Phi) is 3.68. The van der Waals surface area contributed by atoms with Crippen molar-refractivity contribution in [1.82, 2.24) is 10.2 Å². The predicted molar refractivity (Wildman–Crippen MR) is 65.0 cm³/mol. The molecule has 2 nitrogen and oxygen atoms in total. The molecule has 4 atom stereocenters. The molecule has 2 aliphatic rings. The Balaban J connectivity index is 2.12. The molecule has 0 heterocycles. The summed E-state index contributed by atoms with van der Waals surface area (Å²) in [5.41, 5.74) is 0. The van der Waals surface area contributed by atoms with Crippen molar-refractivity contribution in [3.05, 3.63) is 0 Å². The van der Waals surface area contributed by atoms with Gasteiger partial charge in [0.05, 0.1) is 0 Å². The van der Waals surface area contributed by atoms with Gasteiger partial charge in [0.1, 0.15) is 0 Å². The molecule has 0 spiro atoms. The second-order valence-corrected chi connectivity index (χ2v) is 5.63. The largest absolute Gasteiger partial charge is 0.317 e. The third kappa shape index (κ3) is 2.21. The van der Waals surface area contributed by atoms with Crippen LogP contribution in [0.25, 0.3) is 0 Å². The highest BCUT2D eigenvalue weighted by Gasteiger charge is 2.40. The average Bonchev–Trinajstić information content (AvgIpc) is 2.27. The topological polar surface area (TPSA) is 15.3 Å². The van der Waals surface area contributed by atoms with E-state index in [9.17, 15) is 0 Å². The zero-order chi connectivity index (χ0) is 10.8. The third-order valence-electron chi connectivity index (χ3n) is 4.65. The molecule has 0 radical (unpaired) electrons. The lowest BCUT2D eigenvalue weighted by molar-refractivity contribution is 0.0446. The van der Waals surface area contributed by atoms with E-state index in [0.29, 0.717) is 0 Å². The zero-order valence-corrected chi connectivity index (χ0v) is 10.5. The molecule has 2 rings (SSSR count). The summed E-state index contributed by atoms with van der Waals surface area (Å²) in [5.74, 6) is 1.91. The SMILES string of the molecule is CNC1CCCC2CCCC(N(C)C)C21. The highest BCUT2D eigenvalue weighted by atomic mass is 15.1. The van der Waals surface area contributed by atoms with Crippen LogP contribution in [0, 0.1) is 11.8 Å². The zero-order valence-electron chi connectivity index (χ0n) is 10.5. The first-order valence-corrected chi connectivity index (χ1v) is 6.57. The molecule has 15 heavy (non-hydrogen) atoms.